The fourth-order valence-corrected chi connectivity index (χ4v) is 2.73. The second kappa shape index (κ2) is 10.1. The Labute approximate surface area is 175 Å². The van der Waals surface area contributed by atoms with Crippen LogP contribution in [0.15, 0.2) is 36.4 Å². The number of ether oxygens (including phenoxy) is 3. The average Bonchev–Trinajstić information content (AvgIpc) is 2.67. The van der Waals surface area contributed by atoms with Crippen molar-refractivity contribution in [2.45, 2.75) is 26.5 Å². The minimum absolute atomic E-state index is 0.0557. The molecule has 0 heterocycles. The Bertz CT molecular complexity index is 858. The molecule has 0 radical (unpaired) electrons. The van der Waals surface area contributed by atoms with E-state index in [0.29, 0.717) is 39.4 Å². The summed E-state index contributed by atoms with van der Waals surface area (Å²) in [5.74, 6) is 0.892. The van der Waals surface area contributed by atoms with E-state index < -0.39 is 5.97 Å². The van der Waals surface area contributed by atoms with Crippen molar-refractivity contribution in [1.82, 2.24) is 5.32 Å². The fraction of sp³-hybridized carbons (Fsp3) is 0.300. The molecule has 0 amide bonds. The van der Waals surface area contributed by atoms with Gasteiger partial charge in [-0.3, -0.25) is 0 Å². The summed E-state index contributed by atoms with van der Waals surface area (Å²) in [7, 11) is 2.92. The van der Waals surface area contributed by atoms with Crippen LogP contribution in [0, 0.1) is 0 Å². The molecule has 0 aliphatic heterocycles. The molecule has 0 fully saturated rings. The first-order valence-corrected chi connectivity index (χ1v) is 9.39. The Hall–Kier alpha value is -2.51. The lowest BCUT2D eigenvalue weighted by atomic mass is 10.2. The first-order chi connectivity index (χ1) is 13.3. The number of esters is 1. The highest BCUT2D eigenvalue weighted by Crippen LogP contribution is 2.29. The molecule has 0 bridgehead atoms. The van der Waals surface area contributed by atoms with Gasteiger partial charge in [-0.25, -0.2) is 4.79 Å². The summed E-state index contributed by atoms with van der Waals surface area (Å²) in [5.41, 5.74) is 1.86. The maximum absolute atomic E-state index is 11.7. The highest BCUT2D eigenvalue weighted by Gasteiger charge is 2.11. The molecule has 6 nitrogen and oxygen atoms in total. The summed E-state index contributed by atoms with van der Waals surface area (Å²) >= 11 is 11.5. The van der Waals surface area contributed by atoms with Crippen molar-refractivity contribution in [3.63, 3.8) is 0 Å². The third kappa shape index (κ3) is 6.00. The van der Waals surface area contributed by atoms with Crippen molar-refractivity contribution in [3.8, 4) is 11.5 Å². The molecule has 28 heavy (non-hydrogen) atoms. The standard InChI is InChI=1S/C20H23ClN2O4S/c1-12(2)27-17-8-5-13(9-18(17)25-3)11-22-20(28)23-16-10-14(19(24)26-4)6-7-15(16)21/h5-10,12H,11H2,1-4H3,(H2,22,23,28). The van der Waals surface area contributed by atoms with Gasteiger partial charge in [0.2, 0.25) is 0 Å². The number of hydrogen-bond donors (Lipinski definition) is 2. The van der Waals surface area contributed by atoms with E-state index in [1.54, 1.807) is 25.3 Å². The Morgan fingerprint density at radius 3 is 2.54 bits per heavy atom. The highest BCUT2D eigenvalue weighted by molar-refractivity contribution is 7.80. The summed E-state index contributed by atoms with van der Waals surface area (Å²) in [6, 6.07) is 10.5. The maximum atomic E-state index is 11.7. The Kier molecular flexibility index (Phi) is 7.90. The molecule has 0 aromatic heterocycles. The zero-order valence-corrected chi connectivity index (χ0v) is 17.7. The number of hydrogen-bond acceptors (Lipinski definition) is 5. The molecule has 8 heteroatoms. The van der Waals surface area contributed by atoms with Gasteiger partial charge in [0, 0.05) is 6.54 Å². The smallest absolute Gasteiger partial charge is 0.337 e. The summed E-state index contributed by atoms with van der Waals surface area (Å²) in [6.07, 6.45) is 0.0557. The lowest BCUT2D eigenvalue weighted by Crippen LogP contribution is -2.28. The number of nitrogens with one attached hydrogen (secondary N) is 2. The highest BCUT2D eigenvalue weighted by atomic mass is 35.5. The van der Waals surface area contributed by atoms with Crippen molar-refractivity contribution in [2.24, 2.45) is 0 Å². The average molecular weight is 423 g/mol. The van der Waals surface area contributed by atoms with E-state index in [1.165, 1.54) is 7.11 Å². The van der Waals surface area contributed by atoms with Crippen molar-refractivity contribution in [1.29, 1.82) is 0 Å². The summed E-state index contributed by atoms with van der Waals surface area (Å²) in [6.45, 7) is 4.39. The zero-order chi connectivity index (χ0) is 20.7. The molecule has 0 unspecified atom stereocenters. The normalized spacial score (nSPS) is 10.4. The number of methoxy groups -OCH3 is 2. The minimum Gasteiger partial charge on any atom is -0.493 e. The second-order valence-corrected chi connectivity index (χ2v) is 6.96. The number of rotatable bonds is 7. The van der Waals surface area contributed by atoms with Crippen LogP contribution in [0.2, 0.25) is 5.02 Å². The molecule has 150 valence electrons. The predicted molar refractivity (Wildman–Crippen MR) is 115 cm³/mol. The van der Waals surface area contributed by atoms with Gasteiger partial charge < -0.3 is 24.8 Å². The van der Waals surface area contributed by atoms with E-state index >= 15 is 0 Å². The van der Waals surface area contributed by atoms with Crippen LogP contribution in [0.3, 0.4) is 0 Å². The topological polar surface area (TPSA) is 68.8 Å². The van der Waals surface area contributed by atoms with Crippen LogP contribution in [-0.2, 0) is 11.3 Å². The summed E-state index contributed by atoms with van der Waals surface area (Å²) in [5, 5.41) is 6.89. The Morgan fingerprint density at radius 1 is 1.14 bits per heavy atom. The van der Waals surface area contributed by atoms with Gasteiger partial charge in [0.05, 0.1) is 36.6 Å². The number of carbonyl (C=O) groups is 1. The zero-order valence-electron chi connectivity index (χ0n) is 16.2. The van der Waals surface area contributed by atoms with Gasteiger partial charge in [-0.2, -0.15) is 0 Å². The van der Waals surface area contributed by atoms with E-state index in [9.17, 15) is 4.79 Å². The van der Waals surface area contributed by atoms with Crippen LogP contribution in [0.1, 0.15) is 29.8 Å². The molecule has 0 saturated heterocycles. The van der Waals surface area contributed by atoms with Crippen LogP contribution in [-0.4, -0.2) is 31.4 Å². The molecule has 2 rings (SSSR count). The summed E-state index contributed by atoms with van der Waals surface area (Å²) < 4.78 is 15.8. The quantitative estimate of drug-likeness (QED) is 0.506. The number of anilines is 1. The second-order valence-electron chi connectivity index (χ2n) is 6.15. The Morgan fingerprint density at radius 2 is 1.89 bits per heavy atom. The van der Waals surface area contributed by atoms with E-state index in [-0.39, 0.29) is 6.10 Å². The molecule has 2 aromatic rings. The molecule has 0 saturated carbocycles. The molecule has 0 spiro atoms. The maximum Gasteiger partial charge on any atom is 0.337 e. The minimum atomic E-state index is -0.450. The van der Waals surface area contributed by atoms with Gasteiger partial charge in [0.25, 0.3) is 0 Å². The van der Waals surface area contributed by atoms with Crippen LogP contribution >= 0.6 is 23.8 Å². The molecular weight excluding hydrogens is 400 g/mol. The first kappa shape index (κ1) is 21.8. The third-order valence-electron chi connectivity index (χ3n) is 3.68. The Balaban J connectivity index is 2.02. The van der Waals surface area contributed by atoms with E-state index in [2.05, 4.69) is 10.6 Å². The molecule has 2 aromatic carbocycles. The van der Waals surface area contributed by atoms with Crippen molar-refractivity contribution < 1.29 is 19.0 Å². The van der Waals surface area contributed by atoms with Crippen molar-refractivity contribution >= 4 is 40.6 Å². The molecule has 0 atom stereocenters. The van der Waals surface area contributed by atoms with E-state index in [1.807, 2.05) is 32.0 Å². The fourth-order valence-electron chi connectivity index (χ4n) is 2.39. The van der Waals surface area contributed by atoms with Crippen molar-refractivity contribution in [3.05, 3.63) is 52.5 Å². The van der Waals surface area contributed by atoms with Gasteiger partial charge in [-0.1, -0.05) is 17.7 Å². The van der Waals surface area contributed by atoms with Crippen LogP contribution in [0.5, 0.6) is 11.5 Å². The van der Waals surface area contributed by atoms with Crippen molar-refractivity contribution in [2.75, 3.05) is 19.5 Å². The van der Waals surface area contributed by atoms with Crippen LogP contribution in [0.25, 0.3) is 0 Å². The predicted octanol–water partition coefficient (Wildman–Crippen LogP) is 4.41. The lowest BCUT2D eigenvalue weighted by molar-refractivity contribution is 0.0601. The number of thiocarbonyl (C=S) groups is 1. The lowest BCUT2D eigenvalue weighted by Gasteiger charge is -2.16. The number of carbonyl (C=O) groups excluding carboxylic acids is 1. The SMILES string of the molecule is COC(=O)c1ccc(Cl)c(NC(=S)NCc2ccc(OC(C)C)c(OC)c2)c1. The van der Waals surface area contributed by atoms with Crippen LogP contribution in [0.4, 0.5) is 5.69 Å². The van der Waals surface area contributed by atoms with Crippen LogP contribution < -0.4 is 20.1 Å². The molecule has 2 N–H and O–H groups in total. The molecule has 0 aliphatic carbocycles. The van der Waals surface area contributed by atoms with Gasteiger partial charge in [-0.05, 0) is 62.0 Å². The third-order valence-corrected chi connectivity index (χ3v) is 4.26. The largest absolute Gasteiger partial charge is 0.493 e. The molecular formula is C20H23ClN2O4S. The first-order valence-electron chi connectivity index (χ1n) is 8.60. The van der Waals surface area contributed by atoms with Gasteiger partial charge >= 0.3 is 5.97 Å². The number of halogens is 1. The van der Waals surface area contributed by atoms with Gasteiger partial charge in [0.1, 0.15) is 0 Å². The van der Waals surface area contributed by atoms with Gasteiger partial charge in [0.15, 0.2) is 16.6 Å². The van der Waals surface area contributed by atoms with E-state index in [4.69, 9.17) is 38.0 Å². The molecule has 0 aliphatic rings. The van der Waals surface area contributed by atoms with E-state index in [0.717, 1.165) is 5.56 Å². The number of benzene rings is 2. The monoisotopic (exact) mass is 422 g/mol. The summed E-state index contributed by atoms with van der Waals surface area (Å²) in [4.78, 5) is 11.7. The van der Waals surface area contributed by atoms with Gasteiger partial charge in [-0.15, -0.1) is 0 Å².